The highest BCUT2D eigenvalue weighted by molar-refractivity contribution is 6.08. The SMILES string of the molecule is Cn1c(=O)c(C2=NN(c3ccccc3)C(c3ccc4c(c3)OCO4)C2)c(O)c2ccccc21. The zero-order chi connectivity index (χ0) is 22.5. The average molecular weight is 439 g/mol. The van der Waals surface area contributed by atoms with Crippen LogP contribution in [0.4, 0.5) is 5.69 Å². The van der Waals surface area contributed by atoms with Gasteiger partial charge >= 0.3 is 0 Å². The Morgan fingerprint density at radius 2 is 1.73 bits per heavy atom. The van der Waals surface area contributed by atoms with Crippen molar-refractivity contribution >= 4 is 22.3 Å². The van der Waals surface area contributed by atoms with E-state index < -0.39 is 0 Å². The van der Waals surface area contributed by atoms with Gasteiger partial charge in [0.05, 0.1) is 23.0 Å². The number of aromatic nitrogens is 1. The highest BCUT2D eigenvalue weighted by Crippen LogP contribution is 2.41. The van der Waals surface area contributed by atoms with Crippen LogP contribution in [0.15, 0.2) is 82.7 Å². The monoisotopic (exact) mass is 439 g/mol. The molecule has 6 rings (SSSR count). The van der Waals surface area contributed by atoms with Crippen LogP contribution in [-0.2, 0) is 7.05 Å². The third kappa shape index (κ3) is 3.04. The fourth-order valence-electron chi connectivity index (χ4n) is 4.60. The Balaban J connectivity index is 1.51. The van der Waals surface area contributed by atoms with E-state index in [1.165, 1.54) is 0 Å². The van der Waals surface area contributed by atoms with Gasteiger partial charge in [-0.1, -0.05) is 36.4 Å². The number of anilines is 1. The minimum atomic E-state index is -0.274. The number of para-hydroxylation sites is 2. The predicted molar refractivity (Wildman–Crippen MR) is 126 cm³/mol. The van der Waals surface area contributed by atoms with Crippen LogP contribution in [0.25, 0.3) is 10.9 Å². The molecule has 1 N–H and O–H groups in total. The number of aryl methyl sites for hydroxylation is 1. The van der Waals surface area contributed by atoms with Crippen LogP contribution in [-0.4, -0.2) is 22.2 Å². The number of hydrogen-bond acceptors (Lipinski definition) is 6. The summed E-state index contributed by atoms with van der Waals surface area (Å²) >= 11 is 0. The lowest BCUT2D eigenvalue weighted by Gasteiger charge is -2.24. The van der Waals surface area contributed by atoms with Gasteiger partial charge in [0, 0.05) is 18.9 Å². The van der Waals surface area contributed by atoms with Crippen molar-refractivity contribution in [2.75, 3.05) is 11.8 Å². The summed E-state index contributed by atoms with van der Waals surface area (Å²) in [6.45, 7) is 0.203. The molecule has 0 amide bonds. The van der Waals surface area contributed by atoms with Crippen molar-refractivity contribution in [2.45, 2.75) is 12.5 Å². The third-order valence-electron chi connectivity index (χ3n) is 6.28. The summed E-state index contributed by atoms with van der Waals surface area (Å²) in [6.07, 6.45) is 0.454. The fourth-order valence-corrected chi connectivity index (χ4v) is 4.60. The Kier molecular flexibility index (Phi) is 4.36. The van der Waals surface area contributed by atoms with Crippen LogP contribution in [0.3, 0.4) is 0 Å². The number of rotatable bonds is 3. The number of aromatic hydroxyl groups is 1. The Labute approximate surface area is 189 Å². The first-order valence-corrected chi connectivity index (χ1v) is 10.7. The summed E-state index contributed by atoms with van der Waals surface area (Å²) in [7, 11) is 1.72. The van der Waals surface area contributed by atoms with Crippen LogP contribution >= 0.6 is 0 Å². The van der Waals surface area contributed by atoms with Gasteiger partial charge in [-0.05, 0) is 42.0 Å². The third-order valence-corrected chi connectivity index (χ3v) is 6.28. The molecule has 0 spiro atoms. The predicted octanol–water partition coefficient (Wildman–Crippen LogP) is 4.33. The van der Waals surface area contributed by atoms with Crippen LogP contribution < -0.4 is 20.0 Å². The number of fused-ring (bicyclic) bond motifs is 2. The molecule has 164 valence electrons. The first kappa shape index (κ1) is 19.4. The molecule has 0 radical (unpaired) electrons. The molecule has 7 heteroatoms. The number of benzene rings is 3. The quantitative estimate of drug-likeness (QED) is 0.514. The zero-order valence-corrected chi connectivity index (χ0v) is 17.9. The highest BCUT2D eigenvalue weighted by atomic mass is 16.7. The van der Waals surface area contributed by atoms with E-state index >= 15 is 0 Å². The minimum Gasteiger partial charge on any atom is -0.506 e. The largest absolute Gasteiger partial charge is 0.506 e. The van der Waals surface area contributed by atoms with Crippen LogP contribution in [0.1, 0.15) is 23.6 Å². The molecule has 1 aromatic heterocycles. The first-order chi connectivity index (χ1) is 16.1. The van der Waals surface area contributed by atoms with Gasteiger partial charge in [-0.25, -0.2) is 0 Å². The second-order valence-electron chi connectivity index (χ2n) is 8.16. The van der Waals surface area contributed by atoms with Gasteiger partial charge in [0.15, 0.2) is 11.5 Å². The van der Waals surface area contributed by atoms with Gasteiger partial charge in [-0.2, -0.15) is 5.10 Å². The van der Waals surface area contributed by atoms with Crippen LogP contribution in [0.2, 0.25) is 0 Å². The lowest BCUT2D eigenvalue weighted by atomic mass is 9.97. The van der Waals surface area contributed by atoms with Crippen LogP contribution in [0.5, 0.6) is 17.2 Å². The number of hydrazone groups is 1. The summed E-state index contributed by atoms with van der Waals surface area (Å²) in [5.41, 5.74) is 3.07. The Morgan fingerprint density at radius 3 is 2.58 bits per heavy atom. The Morgan fingerprint density at radius 1 is 0.970 bits per heavy atom. The van der Waals surface area contributed by atoms with E-state index in [2.05, 4.69) is 0 Å². The summed E-state index contributed by atoms with van der Waals surface area (Å²) in [5, 5.41) is 18.5. The van der Waals surface area contributed by atoms with Crippen molar-refractivity contribution in [2.24, 2.45) is 12.1 Å². The van der Waals surface area contributed by atoms with Crippen molar-refractivity contribution in [3.8, 4) is 17.2 Å². The lowest BCUT2D eigenvalue weighted by molar-refractivity contribution is 0.174. The molecule has 2 aliphatic rings. The van der Waals surface area contributed by atoms with Gasteiger partial charge in [-0.15, -0.1) is 0 Å². The highest BCUT2D eigenvalue weighted by Gasteiger charge is 2.34. The summed E-state index contributed by atoms with van der Waals surface area (Å²) in [4.78, 5) is 13.3. The topological polar surface area (TPSA) is 76.3 Å². The standard InChI is InChI=1S/C26H21N3O4/c1-28-20-10-6-5-9-18(20)25(30)24(26(28)31)19-14-21(29(27-19)17-7-3-2-4-8-17)16-11-12-22-23(13-16)33-15-32-22/h2-13,21,30H,14-15H2,1H3. The smallest absolute Gasteiger partial charge is 0.263 e. The van der Waals surface area contributed by atoms with Crippen molar-refractivity contribution in [3.05, 3.63) is 94.3 Å². The van der Waals surface area contributed by atoms with Gasteiger partial charge < -0.3 is 19.1 Å². The molecule has 0 fully saturated rings. The molecule has 1 unspecified atom stereocenters. The van der Waals surface area contributed by atoms with E-state index in [1.54, 1.807) is 11.6 Å². The van der Waals surface area contributed by atoms with E-state index in [-0.39, 0.29) is 29.7 Å². The summed E-state index contributed by atoms with van der Waals surface area (Å²) in [5.74, 6) is 1.37. The fraction of sp³-hybridized carbons (Fsp3) is 0.154. The van der Waals surface area contributed by atoms with Gasteiger partial charge in [0.1, 0.15) is 11.3 Å². The molecule has 3 aromatic carbocycles. The average Bonchev–Trinajstić information content (AvgIpc) is 3.50. The number of hydrogen-bond donors (Lipinski definition) is 1. The van der Waals surface area contributed by atoms with E-state index in [0.717, 1.165) is 11.3 Å². The second kappa shape index (κ2) is 7.41. The Hall–Kier alpha value is -4.26. The molecule has 7 nitrogen and oxygen atoms in total. The summed E-state index contributed by atoms with van der Waals surface area (Å²) in [6, 6.07) is 22.8. The van der Waals surface area contributed by atoms with Crippen molar-refractivity contribution in [1.82, 2.24) is 4.57 Å². The molecule has 1 atom stereocenters. The van der Waals surface area contributed by atoms with Crippen molar-refractivity contribution in [1.29, 1.82) is 0 Å². The molecule has 4 aromatic rings. The molecule has 0 saturated carbocycles. The molecule has 0 bridgehead atoms. The molecular formula is C26H21N3O4. The molecule has 0 saturated heterocycles. The lowest BCUT2D eigenvalue weighted by Crippen LogP contribution is -2.24. The van der Waals surface area contributed by atoms with E-state index in [1.807, 2.05) is 77.8 Å². The maximum Gasteiger partial charge on any atom is 0.263 e. The van der Waals surface area contributed by atoms with Crippen LogP contribution in [0, 0.1) is 0 Å². The molecule has 3 heterocycles. The number of nitrogens with zero attached hydrogens (tertiary/aromatic N) is 3. The van der Waals surface area contributed by atoms with E-state index in [9.17, 15) is 9.90 Å². The van der Waals surface area contributed by atoms with Gasteiger partial charge in [0.2, 0.25) is 6.79 Å². The molecular weight excluding hydrogens is 418 g/mol. The molecule has 0 aliphatic carbocycles. The second-order valence-corrected chi connectivity index (χ2v) is 8.16. The normalized spacial score (nSPS) is 16.9. The Bertz CT molecular complexity index is 1480. The van der Waals surface area contributed by atoms with Crippen molar-refractivity contribution in [3.63, 3.8) is 0 Å². The molecule has 2 aliphatic heterocycles. The maximum absolute atomic E-state index is 13.3. The van der Waals surface area contributed by atoms with Crippen molar-refractivity contribution < 1.29 is 14.6 Å². The number of ether oxygens (including phenoxy) is 2. The van der Waals surface area contributed by atoms with E-state index in [0.29, 0.717) is 34.5 Å². The zero-order valence-electron chi connectivity index (χ0n) is 17.9. The number of pyridine rings is 1. The van der Waals surface area contributed by atoms with Gasteiger partial charge in [0.25, 0.3) is 5.56 Å². The molecule has 33 heavy (non-hydrogen) atoms. The minimum absolute atomic E-state index is 0.0354. The summed E-state index contributed by atoms with van der Waals surface area (Å²) < 4.78 is 12.6. The van der Waals surface area contributed by atoms with E-state index in [4.69, 9.17) is 14.6 Å². The van der Waals surface area contributed by atoms with Gasteiger partial charge in [-0.3, -0.25) is 9.80 Å². The first-order valence-electron chi connectivity index (χ1n) is 10.7. The maximum atomic E-state index is 13.3.